The van der Waals surface area contributed by atoms with E-state index in [0.29, 0.717) is 12.1 Å². The van der Waals surface area contributed by atoms with Crippen LogP contribution in [0, 0.1) is 0 Å². The van der Waals surface area contributed by atoms with E-state index >= 15 is 0 Å². The molecule has 4 N–H and O–H groups in total. The number of β-amino-alcohol motifs (C(OH)–C–C–N with tert-alkyl or cyclic N) is 1. The maximum atomic E-state index is 9.86. The summed E-state index contributed by atoms with van der Waals surface area (Å²) >= 11 is 0. The van der Waals surface area contributed by atoms with Crippen molar-refractivity contribution in [2.24, 2.45) is 0 Å². The molecule has 0 aromatic heterocycles. The molecule has 0 heterocycles. The van der Waals surface area contributed by atoms with E-state index in [2.05, 4.69) is 5.32 Å². The summed E-state index contributed by atoms with van der Waals surface area (Å²) in [5, 5.41) is 30.5. The second kappa shape index (κ2) is 7.57. The molecule has 4 nitrogen and oxygen atoms in total. The highest BCUT2D eigenvalue weighted by Crippen LogP contribution is 2.06. The molecule has 16 heavy (non-hydrogen) atoms. The molecule has 0 radical (unpaired) electrons. The maximum Gasteiger partial charge on any atom is 0.0912 e. The summed E-state index contributed by atoms with van der Waals surface area (Å²) < 4.78 is 0. The van der Waals surface area contributed by atoms with Crippen LogP contribution in [0.5, 0.6) is 0 Å². The molecule has 0 saturated carbocycles. The number of nitrogens with one attached hydrogen (secondary N) is 1. The van der Waals surface area contributed by atoms with Gasteiger partial charge in [-0.05, 0) is 26.3 Å². The van der Waals surface area contributed by atoms with E-state index in [0.717, 1.165) is 0 Å². The monoisotopic (exact) mass is 229 g/mol. The van der Waals surface area contributed by atoms with Gasteiger partial charge >= 0.3 is 0 Å². The van der Waals surface area contributed by atoms with E-state index in [1.807, 2.05) is 20.8 Å². The van der Waals surface area contributed by atoms with Crippen molar-refractivity contribution in [2.45, 2.75) is 32.4 Å². The van der Waals surface area contributed by atoms with Gasteiger partial charge in [-0.1, -0.05) is 18.2 Å². The summed E-state index contributed by atoms with van der Waals surface area (Å²) in [6.45, 7) is 6.24. The van der Waals surface area contributed by atoms with Crippen molar-refractivity contribution in [1.29, 1.82) is 0 Å². The first-order chi connectivity index (χ1) is 7.40. The van der Waals surface area contributed by atoms with Gasteiger partial charge in [-0.3, -0.25) is 0 Å². The van der Waals surface area contributed by atoms with Crippen LogP contribution in [0.3, 0.4) is 0 Å². The third-order valence-electron chi connectivity index (χ3n) is 1.95. The second-order valence-electron chi connectivity index (χ2n) is 4.62. The van der Waals surface area contributed by atoms with Crippen LogP contribution in [0.2, 0.25) is 0 Å². The van der Waals surface area contributed by atoms with Crippen LogP contribution >= 0.6 is 0 Å². The molecule has 1 unspecified atom stereocenters. The Morgan fingerprint density at radius 2 is 1.88 bits per heavy atom. The third-order valence-corrected chi connectivity index (χ3v) is 1.95. The smallest absolute Gasteiger partial charge is 0.0912 e. The van der Waals surface area contributed by atoms with E-state index in [1.165, 1.54) is 12.2 Å². The lowest BCUT2D eigenvalue weighted by Gasteiger charge is -2.23. The van der Waals surface area contributed by atoms with Crippen molar-refractivity contribution in [3.05, 3.63) is 23.8 Å². The Kier molecular flexibility index (Phi) is 7.25. The molecule has 0 spiro atoms. The molecule has 0 rings (SSSR count). The van der Waals surface area contributed by atoms with Crippen molar-refractivity contribution in [3.8, 4) is 0 Å². The lowest BCUT2D eigenvalue weighted by molar-refractivity contribution is 0.195. The SMILES string of the molecule is CC(C)(C)NCC(O)C(/C=C\CO)=C/CO. The number of hydrogen-bond acceptors (Lipinski definition) is 4. The Morgan fingerprint density at radius 3 is 2.31 bits per heavy atom. The van der Waals surface area contributed by atoms with Crippen LogP contribution in [0.4, 0.5) is 0 Å². The Labute approximate surface area is 97.3 Å². The summed E-state index contributed by atoms with van der Waals surface area (Å²) in [7, 11) is 0. The largest absolute Gasteiger partial charge is 0.392 e. The van der Waals surface area contributed by atoms with Crippen molar-refractivity contribution in [2.75, 3.05) is 19.8 Å². The molecule has 0 bridgehead atoms. The van der Waals surface area contributed by atoms with Gasteiger partial charge in [0, 0.05) is 12.1 Å². The van der Waals surface area contributed by atoms with Gasteiger partial charge in [0.15, 0.2) is 0 Å². The van der Waals surface area contributed by atoms with Gasteiger partial charge in [0.05, 0.1) is 19.3 Å². The molecule has 0 amide bonds. The van der Waals surface area contributed by atoms with Gasteiger partial charge in [0.25, 0.3) is 0 Å². The molecule has 94 valence electrons. The highest BCUT2D eigenvalue weighted by Gasteiger charge is 2.13. The normalized spacial score (nSPS) is 15.8. The van der Waals surface area contributed by atoms with Gasteiger partial charge in [0.2, 0.25) is 0 Å². The van der Waals surface area contributed by atoms with Gasteiger partial charge in [-0.25, -0.2) is 0 Å². The number of hydrogen-bond donors (Lipinski definition) is 4. The zero-order valence-corrected chi connectivity index (χ0v) is 10.3. The van der Waals surface area contributed by atoms with E-state index in [9.17, 15) is 5.11 Å². The molecule has 0 saturated heterocycles. The van der Waals surface area contributed by atoms with Crippen molar-refractivity contribution < 1.29 is 15.3 Å². The zero-order valence-electron chi connectivity index (χ0n) is 10.3. The topological polar surface area (TPSA) is 72.7 Å². The van der Waals surface area contributed by atoms with Crippen LogP contribution < -0.4 is 5.32 Å². The van der Waals surface area contributed by atoms with Crippen LogP contribution in [0.15, 0.2) is 23.8 Å². The van der Waals surface area contributed by atoms with Crippen LogP contribution in [0.1, 0.15) is 20.8 Å². The number of rotatable bonds is 6. The third kappa shape index (κ3) is 7.59. The Bertz CT molecular complexity index is 241. The van der Waals surface area contributed by atoms with Gasteiger partial charge < -0.3 is 20.6 Å². The minimum atomic E-state index is -0.686. The minimum absolute atomic E-state index is 0.0635. The number of aliphatic hydroxyl groups is 3. The first-order valence-electron chi connectivity index (χ1n) is 5.42. The van der Waals surface area contributed by atoms with E-state index in [-0.39, 0.29) is 18.8 Å². The Morgan fingerprint density at radius 1 is 1.25 bits per heavy atom. The lowest BCUT2D eigenvalue weighted by Crippen LogP contribution is -2.41. The number of aliphatic hydroxyl groups excluding tert-OH is 3. The fourth-order valence-corrected chi connectivity index (χ4v) is 1.13. The summed E-state index contributed by atoms with van der Waals surface area (Å²) in [5.41, 5.74) is 0.541. The Hall–Kier alpha value is -0.680. The first-order valence-corrected chi connectivity index (χ1v) is 5.42. The van der Waals surface area contributed by atoms with Gasteiger partial charge in [-0.15, -0.1) is 0 Å². The van der Waals surface area contributed by atoms with Crippen molar-refractivity contribution >= 4 is 0 Å². The maximum absolute atomic E-state index is 9.86. The molecule has 0 aliphatic carbocycles. The predicted molar refractivity (Wildman–Crippen MR) is 65.2 cm³/mol. The fourth-order valence-electron chi connectivity index (χ4n) is 1.13. The molecule has 0 aromatic rings. The standard InChI is InChI=1S/C12H23NO3/c1-12(2,3)13-9-11(16)10(6-8-15)5-4-7-14/h4-6,11,13-16H,7-9H2,1-3H3/b5-4-,10-6+. The molecule has 0 aromatic carbocycles. The minimum Gasteiger partial charge on any atom is -0.392 e. The highest BCUT2D eigenvalue weighted by molar-refractivity contribution is 5.23. The lowest BCUT2D eigenvalue weighted by atomic mass is 10.1. The summed E-state index contributed by atoms with van der Waals surface area (Å²) in [6, 6.07) is 0. The molecule has 4 heteroatoms. The van der Waals surface area contributed by atoms with Gasteiger partial charge in [-0.2, -0.15) is 0 Å². The van der Waals surface area contributed by atoms with E-state index in [1.54, 1.807) is 6.08 Å². The average Bonchev–Trinajstić information content (AvgIpc) is 2.19. The van der Waals surface area contributed by atoms with E-state index < -0.39 is 6.10 Å². The summed E-state index contributed by atoms with van der Waals surface area (Å²) in [5.74, 6) is 0. The highest BCUT2D eigenvalue weighted by atomic mass is 16.3. The summed E-state index contributed by atoms with van der Waals surface area (Å²) in [6.07, 6.45) is 3.99. The molecule has 0 fully saturated rings. The summed E-state index contributed by atoms with van der Waals surface area (Å²) in [4.78, 5) is 0. The van der Waals surface area contributed by atoms with Crippen molar-refractivity contribution in [1.82, 2.24) is 5.32 Å². The molecular formula is C12H23NO3. The average molecular weight is 229 g/mol. The van der Waals surface area contributed by atoms with Gasteiger partial charge in [0.1, 0.15) is 0 Å². The fraction of sp³-hybridized carbons (Fsp3) is 0.667. The van der Waals surface area contributed by atoms with Crippen LogP contribution in [-0.2, 0) is 0 Å². The molecule has 1 atom stereocenters. The molecular weight excluding hydrogens is 206 g/mol. The van der Waals surface area contributed by atoms with E-state index in [4.69, 9.17) is 10.2 Å². The Balaban J connectivity index is 4.34. The zero-order chi connectivity index (χ0) is 12.6. The quantitative estimate of drug-likeness (QED) is 0.491. The predicted octanol–water partition coefficient (Wildman–Crippen LogP) is 0.203. The first kappa shape index (κ1) is 15.3. The van der Waals surface area contributed by atoms with Crippen LogP contribution in [-0.4, -0.2) is 46.7 Å². The molecule has 0 aliphatic rings. The molecule has 0 aliphatic heterocycles. The second-order valence-corrected chi connectivity index (χ2v) is 4.62. The van der Waals surface area contributed by atoms with Crippen molar-refractivity contribution in [3.63, 3.8) is 0 Å². The van der Waals surface area contributed by atoms with Crippen LogP contribution in [0.25, 0.3) is 0 Å².